The minimum absolute atomic E-state index is 0.0611. The smallest absolute Gasteiger partial charge is 0.271 e. The van der Waals surface area contributed by atoms with Crippen LogP contribution >= 0.6 is 11.6 Å². The number of rotatable bonds is 6. The van der Waals surface area contributed by atoms with Gasteiger partial charge in [-0.2, -0.15) is 0 Å². The van der Waals surface area contributed by atoms with Crippen molar-refractivity contribution in [2.75, 3.05) is 32.1 Å². The van der Waals surface area contributed by atoms with Crippen molar-refractivity contribution in [3.63, 3.8) is 0 Å². The highest BCUT2D eigenvalue weighted by molar-refractivity contribution is 6.32. The average Bonchev–Trinajstić information content (AvgIpc) is 3.09. The number of ether oxygens (including phenoxy) is 2. The van der Waals surface area contributed by atoms with Crippen molar-refractivity contribution >= 4 is 23.0 Å². The quantitative estimate of drug-likeness (QED) is 0.616. The van der Waals surface area contributed by atoms with Crippen LogP contribution in [0.3, 0.4) is 0 Å². The molecular weight excluding hydrogens is 358 g/mol. The van der Waals surface area contributed by atoms with E-state index in [0.717, 1.165) is 17.8 Å². The van der Waals surface area contributed by atoms with E-state index >= 15 is 0 Å². The van der Waals surface area contributed by atoms with Crippen LogP contribution in [0.15, 0.2) is 42.5 Å². The topological polar surface area (TPSA) is 81.5 Å². The number of hydrogen-bond acceptors (Lipinski definition) is 5. The van der Waals surface area contributed by atoms with E-state index in [1.165, 1.54) is 18.2 Å². The maximum absolute atomic E-state index is 10.7. The number of nitrogens with two attached hydrogens (primary N) is 1. The maximum Gasteiger partial charge on any atom is 0.271 e. The predicted molar refractivity (Wildman–Crippen MR) is 98.8 cm³/mol. The Bertz CT molecular complexity index is 783. The van der Waals surface area contributed by atoms with Crippen molar-refractivity contribution in [3.8, 4) is 5.75 Å². The molecule has 1 aliphatic heterocycles. The lowest BCUT2D eigenvalue weighted by molar-refractivity contribution is -0.697. The Morgan fingerprint density at radius 2 is 2.04 bits per heavy atom. The molecule has 0 aliphatic carbocycles. The van der Waals surface area contributed by atoms with Crippen LogP contribution in [-0.4, -0.2) is 38.3 Å². The molecule has 2 N–H and O–H groups in total. The molecule has 2 aromatic carbocycles. The van der Waals surface area contributed by atoms with Crippen LogP contribution in [-0.2, 0) is 4.74 Å². The molecule has 0 bridgehead atoms. The first-order valence-electron chi connectivity index (χ1n) is 8.27. The number of anilines is 1. The van der Waals surface area contributed by atoms with Gasteiger partial charge < -0.3 is 19.7 Å². The molecule has 0 radical (unpaired) electrons. The number of hydrogen-bond donors (Lipinski definition) is 1. The summed E-state index contributed by atoms with van der Waals surface area (Å²) in [5.74, 6) is 0.416. The second-order valence-corrected chi connectivity index (χ2v) is 6.73. The van der Waals surface area contributed by atoms with Gasteiger partial charge in [0.15, 0.2) is 0 Å². The summed E-state index contributed by atoms with van der Waals surface area (Å²) in [5.41, 5.74) is 2.18. The first-order chi connectivity index (χ1) is 12.4. The summed E-state index contributed by atoms with van der Waals surface area (Å²) in [5, 5.41) is 13.1. The number of nitro groups is 1. The van der Waals surface area contributed by atoms with Crippen molar-refractivity contribution in [3.05, 3.63) is 63.2 Å². The zero-order valence-corrected chi connectivity index (χ0v) is 15.3. The Morgan fingerprint density at radius 3 is 2.65 bits per heavy atom. The molecule has 7 nitrogen and oxygen atoms in total. The zero-order valence-electron chi connectivity index (χ0n) is 14.6. The molecule has 26 heavy (non-hydrogen) atoms. The van der Waals surface area contributed by atoms with E-state index in [0.29, 0.717) is 12.4 Å². The van der Waals surface area contributed by atoms with Gasteiger partial charge >= 0.3 is 0 Å². The largest absolute Gasteiger partial charge is 0.489 e. The minimum Gasteiger partial charge on any atom is -0.489 e. The Hall–Kier alpha value is -2.35. The molecule has 0 aromatic heterocycles. The van der Waals surface area contributed by atoms with Gasteiger partial charge in [-0.15, -0.1) is 0 Å². The lowest BCUT2D eigenvalue weighted by atomic mass is 10.2. The third-order valence-electron chi connectivity index (χ3n) is 4.24. The monoisotopic (exact) mass is 378 g/mol. The molecule has 2 atom stereocenters. The molecule has 1 heterocycles. The van der Waals surface area contributed by atoms with Crippen molar-refractivity contribution in [2.45, 2.75) is 12.3 Å². The Kier molecular flexibility index (Phi) is 5.61. The molecule has 3 rings (SSSR count). The van der Waals surface area contributed by atoms with Crippen LogP contribution in [0.4, 0.5) is 11.4 Å². The van der Waals surface area contributed by atoms with E-state index in [1.807, 2.05) is 19.0 Å². The minimum atomic E-state index is -0.489. The van der Waals surface area contributed by atoms with Crippen molar-refractivity contribution in [1.82, 2.24) is 0 Å². The summed E-state index contributed by atoms with van der Waals surface area (Å²) in [6.45, 7) is 1.10. The SMILES string of the molecule is CN(C)c1ccc([C@H]2[NH2+]C[C@@H](COc3ccc([N+](=O)[O-])cc3Cl)O2)cc1. The van der Waals surface area contributed by atoms with Gasteiger partial charge in [0.1, 0.15) is 25.0 Å². The predicted octanol–water partition coefficient (Wildman–Crippen LogP) is 2.35. The van der Waals surface area contributed by atoms with Gasteiger partial charge in [0.25, 0.3) is 5.69 Å². The summed E-state index contributed by atoms with van der Waals surface area (Å²) >= 11 is 6.04. The molecular formula is C18H21ClN3O4+. The molecule has 8 heteroatoms. The number of nitro benzene ring substituents is 1. The van der Waals surface area contributed by atoms with Gasteiger partial charge in [-0.3, -0.25) is 10.1 Å². The van der Waals surface area contributed by atoms with E-state index < -0.39 is 4.92 Å². The van der Waals surface area contributed by atoms with Gasteiger partial charge in [-0.05, 0) is 30.3 Å². The van der Waals surface area contributed by atoms with E-state index in [9.17, 15) is 10.1 Å². The standard InChI is InChI=1S/C18H20ClN3O4/c1-21(2)13-5-3-12(4-6-13)18-20-10-15(26-18)11-25-17-8-7-14(22(23)24)9-16(17)19/h3-9,15,18,20H,10-11H2,1-2H3/p+1/t15-,18-/m0/s1. The number of nitrogens with zero attached hydrogens (tertiary/aromatic N) is 2. The summed E-state index contributed by atoms with van der Waals surface area (Å²) < 4.78 is 11.7. The van der Waals surface area contributed by atoms with Crippen LogP contribution in [0.25, 0.3) is 0 Å². The summed E-state index contributed by atoms with van der Waals surface area (Å²) in [7, 11) is 4.01. The van der Waals surface area contributed by atoms with Crippen LogP contribution < -0.4 is 15.0 Å². The molecule has 0 unspecified atom stereocenters. The lowest BCUT2D eigenvalue weighted by Crippen LogP contribution is -2.82. The van der Waals surface area contributed by atoms with Crippen LogP contribution in [0, 0.1) is 10.1 Å². The number of halogens is 1. The van der Waals surface area contributed by atoms with Crippen LogP contribution in [0.1, 0.15) is 11.8 Å². The van der Waals surface area contributed by atoms with Crippen LogP contribution in [0.5, 0.6) is 5.75 Å². The second kappa shape index (κ2) is 7.90. The van der Waals surface area contributed by atoms with Gasteiger partial charge in [-0.1, -0.05) is 11.6 Å². The van der Waals surface area contributed by atoms with Crippen LogP contribution in [0.2, 0.25) is 5.02 Å². The summed E-state index contributed by atoms with van der Waals surface area (Å²) in [6.07, 6.45) is -0.146. The fourth-order valence-electron chi connectivity index (χ4n) is 2.78. The van der Waals surface area contributed by atoms with Crippen molar-refractivity contribution in [2.24, 2.45) is 0 Å². The fourth-order valence-corrected chi connectivity index (χ4v) is 3.01. The van der Waals surface area contributed by atoms with Gasteiger partial charge in [0.2, 0.25) is 6.23 Å². The average molecular weight is 379 g/mol. The normalized spacial score (nSPS) is 19.3. The zero-order chi connectivity index (χ0) is 18.7. The number of benzene rings is 2. The molecule has 138 valence electrons. The molecule has 0 amide bonds. The number of non-ortho nitro benzene ring substituents is 1. The van der Waals surface area contributed by atoms with E-state index in [4.69, 9.17) is 21.1 Å². The Balaban J connectivity index is 1.55. The Morgan fingerprint density at radius 1 is 1.31 bits per heavy atom. The van der Waals surface area contributed by atoms with Crippen molar-refractivity contribution < 1.29 is 19.7 Å². The maximum atomic E-state index is 10.7. The fraction of sp³-hybridized carbons (Fsp3) is 0.333. The molecule has 2 aromatic rings. The Labute approximate surface area is 156 Å². The van der Waals surface area contributed by atoms with Crippen molar-refractivity contribution in [1.29, 1.82) is 0 Å². The highest BCUT2D eigenvalue weighted by Gasteiger charge is 2.30. The third kappa shape index (κ3) is 4.24. The first kappa shape index (κ1) is 18.4. The van der Waals surface area contributed by atoms with Gasteiger partial charge in [0, 0.05) is 37.5 Å². The summed E-state index contributed by atoms with van der Waals surface area (Å²) in [4.78, 5) is 12.3. The summed E-state index contributed by atoms with van der Waals surface area (Å²) in [6, 6.07) is 12.4. The second-order valence-electron chi connectivity index (χ2n) is 6.32. The van der Waals surface area contributed by atoms with E-state index in [2.05, 4.69) is 29.6 Å². The molecule has 0 spiro atoms. The lowest BCUT2D eigenvalue weighted by Gasteiger charge is -2.14. The first-order valence-corrected chi connectivity index (χ1v) is 8.64. The number of quaternary nitrogens is 1. The van der Waals surface area contributed by atoms with E-state index in [1.54, 1.807) is 0 Å². The molecule has 1 saturated heterocycles. The third-order valence-corrected chi connectivity index (χ3v) is 4.54. The van der Waals surface area contributed by atoms with Gasteiger partial charge in [-0.25, -0.2) is 0 Å². The van der Waals surface area contributed by atoms with Gasteiger partial charge in [0.05, 0.1) is 9.95 Å². The molecule has 1 aliphatic rings. The van der Waals surface area contributed by atoms with E-state index in [-0.39, 0.29) is 23.0 Å². The molecule has 1 fully saturated rings. The molecule has 0 saturated carbocycles. The highest BCUT2D eigenvalue weighted by atomic mass is 35.5. The highest BCUT2D eigenvalue weighted by Crippen LogP contribution is 2.29.